The molecule has 0 atom stereocenters. The molecule has 1 aliphatic heterocycles. The van der Waals surface area contributed by atoms with E-state index in [-0.39, 0.29) is 5.41 Å². The Morgan fingerprint density at radius 2 is 2.14 bits per heavy atom. The minimum absolute atomic E-state index is 0.191. The Labute approximate surface area is 86.0 Å². The Balaban J connectivity index is 2.52. The minimum Gasteiger partial charge on any atom is -0.301 e. The molecule has 76 valence electrons. The van der Waals surface area contributed by atoms with Crippen LogP contribution in [0.5, 0.6) is 0 Å². The second-order valence-electron chi connectivity index (χ2n) is 5.08. The molecule has 2 heterocycles. The SMILES string of the molecule is Cc1cnc2c(c1)CN(C)CC2(C)C. The molecule has 0 bridgehead atoms. The molecule has 0 aliphatic carbocycles. The van der Waals surface area contributed by atoms with Gasteiger partial charge in [-0.1, -0.05) is 19.9 Å². The van der Waals surface area contributed by atoms with E-state index in [1.54, 1.807) is 0 Å². The van der Waals surface area contributed by atoms with Crippen LogP contribution in [0.2, 0.25) is 0 Å². The molecule has 2 rings (SSSR count). The van der Waals surface area contributed by atoms with Gasteiger partial charge in [0, 0.05) is 24.7 Å². The van der Waals surface area contributed by atoms with Crippen LogP contribution < -0.4 is 0 Å². The van der Waals surface area contributed by atoms with Gasteiger partial charge in [0.15, 0.2) is 0 Å². The molecule has 1 aromatic heterocycles. The van der Waals surface area contributed by atoms with Gasteiger partial charge >= 0.3 is 0 Å². The van der Waals surface area contributed by atoms with Crippen molar-refractivity contribution in [1.82, 2.24) is 9.88 Å². The maximum atomic E-state index is 4.58. The van der Waals surface area contributed by atoms with Crippen molar-refractivity contribution in [3.63, 3.8) is 0 Å². The standard InChI is InChI=1S/C12H18N2/c1-9-5-10-7-14(4)8-12(2,3)11(10)13-6-9/h5-6H,7-8H2,1-4H3. The second-order valence-corrected chi connectivity index (χ2v) is 5.08. The predicted molar refractivity (Wildman–Crippen MR) is 58.3 cm³/mol. The fourth-order valence-electron chi connectivity index (χ4n) is 2.46. The smallest absolute Gasteiger partial charge is 0.0517 e. The van der Waals surface area contributed by atoms with E-state index in [1.807, 2.05) is 6.20 Å². The van der Waals surface area contributed by atoms with E-state index in [1.165, 1.54) is 16.8 Å². The number of fused-ring (bicyclic) bond motifs is 1. The van der Waals surface area contributed by atoms with Crippen LogP contribution in [0.15, 0.2) is 12.3 Å². The van der Waals surface area contributed by atoms with Gasteiger partial charge in [-0.25, -0.2) is 0 Å². The van der Waals surface area contributed by atoms with Crippen molar-refractivity contribution in [2.24, 2.45) is 0 Å². The molecule has 0 radical (unpaired) electrons. The maximum Gasteiger partial charge on any atom is 0.0517 e. The van der Waals surface area contributed by atoms with Crippen LogP contribution >= 0.6 is 0 Å². The number of pyridine rings is 1. The summed E-state index contributed by atoms with van der Waals surface area (Å²) >= 11 is 0. The molecule has 2 heteroatoms. The normalized spacial score (nSPS) is 20.6. The predicted octanol–water partition coefficient (Wildman–Crippen LogP) is 2.11. The van der Waals surface area contributed by atoms with Gasteiger partial charge in [0.2, 0.25) is 0 Å². The fourth-order valence-corrected chi connectivity index (χ4v) is 2.46. The molecule has 0 amide bonds. The molecule has 0 aromatic carbocycles. The molecule has 0 spiro atoms. The number of likely N-dealkylation sites (N-methyl/N-ethyl adjacent to an activating group) is 1. The lowest BCUT2D eigenvalue weighted by molar-refractivity contribution is 0.230. The lowest BCUT2D eigenvalue weighted by atomic mass is 9.82. The number of aryl methyl sites for hydroxylation is 1. The summed E-state index contributed by atoms with van der Waals surface area (Å²) in [6.45, 7) is 8.77. The molecule has 0 N–H and O–H groups in total. The van der Waals surface area contributed by atoms with E-state index in [0.29, 0.717) is 0 Å². The van der Waals surface area contributed by atoms with Crippen molar-refractivity contribution < 1.29 is 0 Å². The van der Waals surface area contributed by atoms with E-state index in [4.69, 9.17) is 0 Å². The topological polar surface area (TPSA) is 16.1 Å². The van der Waals surface area contributed by atoms with E-state index < -0.39 is 0 Å². The monoisotopic (exact) mass is 190 g/mol. The summed E-state index contributed by atoms with van der Waals surface area (Å²) in [5, 5.41) is 0. The third-order valence-corrected chi connectivity index (χ3v) is 2.85. The molecular formula is C12H18N2. The van der Waals surface area contributed by atoms with Crippen molar-refractivity contribution in [3.8, 4) is 0 Å². The first-order valence-corrected chi connectivity index (χ1v) is 5.13. The summed E-state index contributed by atoms with van der Waals surface area (Å²) in [5.41, 5.74) is 4.12. The van der Waals surface area contributed by atoms with Crippen LogP contribution in [-0.4, -0.2) is 23.5 Å². The first-order valence-electron chi connectivity index (χ1n) is 5.13. The Hall–Kier alpha value is -0.890. The Morgan fingerprint density at radius 1 is 1.43 bits per heavy atom. The van der Waals surface area contributed by atoms with Gasteiger partial charge in [-0.3, -0.25) is 4.98 Å². The molecule has 0 unspecified atom stereocenters. The van der Waals surface area contributed by atoms with Gasteiger partial charge in [-0.2, -0.15) is 0 Å². The Kier molecular flexibility index (Phi) is 2.11. The number of rotatable bonds is 0. The summed E-state index contributed by atoms with van der Waals surface area (Å²) in [6, 6.07) is 2.26. The fraction of sp³-hybridized carbons (Fsp3) is 0.583. The third kappa shape index (κ3) is 1.55. The van der Waals surface area contributed by atoms with Crippen LogP contribution in [0.25, 0.3) is 0 Å². The van der Waals surface area contributed by atoms with E-state index >= 15 is 0 Å². The third-order valence-electron chi connectivity index (χ3n) is 2.85. The van der Waals surface area contributed by atoms with E-state index in [0.717, 1.165) is 13.1 Å². The van der Waals surface area contributed by atoms with Crippen LogP contribution in [0.1, 0.15) is 30.7 Å². The molecule has 0 saturated heterocycles. The van der Waals surface area contributed by atoms with Gasteiger partial charge in [-0.15, -0.1) is 0 Å². The lowest BCUT2D eigenvalue weighted by Crippen LogP contribution is -2.40. The van der Waals surface area contributed by atoms with Crippen LogP contribution in [0, 0.1) is 6.92 Å². The summed E-state index contributed by atoms with van der Waals surface area (Å²) in [7, 11) is 2.17. The first kappa shape index (κ1) is 9.66. The molecule has 0 saturated carbocycles. The van der Waals surface area contributed by atoms with Crippen LogP contribution in [-0.2, 0) is 12.0 Å². The minimum atomic E-state index is 0.191. The van der Waals surface area contributed by atoms with Gasteiger partial charge in [0.05, 0.1) is 5.69 Å². The maximum absolute atomic E-state index is 4.58. The highest BCUT2D eigenvalue weighted by Crippen LogP contribution is 2.30. The molecule has 2 nitrogen and oxygen atoms in total. The second kappa shape index (κ2) is 3.06. The number of aromatic nitrogens is 1. The summed E-state index contributed by atoms with van der Waals surface area (Å²) in [4.78, 5) is 6.94. The van der Waals surface area contributed by atoms with Crippen molar-refractivity contribution in [2.75, 3.05) is 13.6 Å². The van der Waals surface area contributed by atoms with Gasteiger partial charge in [-0.05, 0) is 25.1 Å². The average Bonchev–Trinajstić information content (AvgIpc) is 2.00. The number of nitrogens with zero attached hydrogens (tertiary/aromatic N) is 2. The summed E-state index contributed by atoms with van der Waals surface area (Å²) in [5.74, 6) is 0. The average molecular weight is 190 g/mol. The molecular weight excluding hydrogens is 172 g/mol. The number of hydrogen-bond donors (Lipinski definition) is 0. The van der Waals surface area contributed by atoms with Gasteiger partial charge < -0.3 is 4.90 Å². The highest BCUT2D eigenvalue weighted by Gasteiger charge is 2.31. The van der Waals surface area contributed by atoms with E-state index in [9.17, 15) is 0 Å². The summed E-state index contributed by atoms with van der Waals surface area (Å²) < 4.78 is 0. The van der Waals surface area contributed by atoms with Gasteiger partial charge in [0.25, 0.3) is 0 Å². The highest BCUT2D eigenvalue weighted by atomic mass is 15.1. The van der Waals surface area contributed by atoms with Crippen LogP contribution in [0.4, 0.5) is 0 Å². The zero-order chi connectivity index (χ0) is 10.3. The largest absolute Gasteiger partial charge is 0.301 e. The molecule has 1 aromatic rings. The molecule has 1 aliphatic rings. The highest BCUT2D eigenvalue weighted by molar-refractivity contribution is 5.32. The first-order chi connectivity index (χ1) is 6.49. The Morgan fingerprint density at radius 3 is 2.86 bits per heavy atom. The molecule has 14 heavy (non-hydrogen) atoms. The number of hydrogen-bond acceptors (Lipinski definition) is 2. The van der Waals surface area contributed by atoms with Crippen LogP contribution in [0.3, 0.4) is 0 Å². The zero-order valence-electron chi connectivity index (χ0n) is 9.46. The van der Waals surface area contributed by atoms with Crippen molar-refractivity contribution in [1.29, 1.82) is 0 Å². The van der Waals surface area contributed by atoms with Crippen molar-refractivity contribution in [2.45, 2.75) is 32.7 Å². The Bertz CT molecular complexity index is 355. The van der Waals surface area contributed by atoms with Crippen molar-refractivity contribution in [3.05, 3.63) is 29.1 Å². The molecule has 0 fully saturated rings. The summed E-state index contributed by atoms with van der Waals surface area (Å²) in [6.07, 6.45) is 1.98. The van der Waals surface area contributed by atoms with Gasteiger partial charge in [0.1, 0.15) is 0 Å². The zero-order valence-corrected chi connectivity index (χ0v) is 9.46. The lowest BCUT2D eigenvalue weighted by Gasteiger charge is -2.37. The van der Waals surface area contributed by atoms with Crippen molar-refractivity contribution >= 4 is 0 Å². The quantitative estimate of drug-likeness (QED) is 0.623. The van der Waals surface area contributed by atoms with E-state index in [2.05, 4.69) is 43.8 Å².